The molecule has 1 amide bonds. The Morgan fingerprint density at radius 1 is 0.739 bits per heavy atom. The van der Waals surface area contributed by atoms with Gasteiger partial charge in [0.05, 0.1) is 31.3 Å². The molecule has 0 saturated heterocycles. The highest BCUT2D eigenvalue weighted by atomic mass is 31.2. The number of nitrogens with one attached hydrogen (secondary N) is 1. The molecule has 13 nitrogen and oxygen atoms in total. The van der Waals surface area contributed by atoms with Crippen LogP contribution in [0.15, 0.2) is 12.2 Å². The minimum Gasteiger partial charge on any atom is -0.393 e. The molecule has 8 atom stereocenters. The second-order valence-electron chi connectivity index (χ2n) is 12.5. The van der Waals surface area contributed by atoms with Crippen LogP contribution in [0.4, 0.5) is 0 Å². The van der Waals surface area contributed by atoms with Gasteiger partial charge in [0.2, 0.25) is 5.91 Å². The molecule has 0 aromatic rings. The van der Waals surface area contributed by atoms with E-state index >= 15 is 0 Å². The van der Waals surface area contributed by atoms with Crippen molar-refractivity contribution in [2.75, 3.05) is 6.61 Å². The predicted octanol–water partition coefficient (Wildman–Crippen LogP) is 2.74. The molecule has 1 saturated carbocycles. The van der Waals surface area contributed by atoms with Gasteiger partial charge in [0.25, 0.3) is 0 Å². The first kappa shape index (κ1) is 43.1. The Morgan fingerprint density at radius 2 is 1.22 bits per heavy atom. The number of amides is 1. The van der Waals surface area contributed by atoms with E-state index in [4.69, 9.17) is 9.05 Å². The lowest BCUT2D eigenvalue weighted by molar-refractivity contribution is -0.220. The van der Waals surface area contributed by atoms with Gasteiger partial charge < -0.3 is 46.0 Å². The standard InChI is InChI=1S/C32H62NO12P/c1-3-5-7-8-9-10-11-12-13-14-15-16-18-19-23(34)21-26(36)33-24(25(35)20-17-6-4-2)22-44-46(42,43)45-32-30(40)28(38)27(37)29(39)31(32)41/h10-11,23-25,27-32,34-35,37-41H,3-9,12-22H2,1-2H3,(H,33,36)(H,42,43)/b11-10-. The van der Waals surface area contributed by atoms with E-state index in [1.165, 1.54) is 25.7 Å². The first-order chi connectivity index (χ1) is 21.8. The summed E-state index contributed by atoms with van der Waals surface area (Å²) in [6.07, 6.45) is 5.62. The molecule has 0 aromatic carbocycles. The van der Waals surface area contributed by atoms with Crippen molar-refractivity contribution in [2.24, 2.45) is 0 Å². The molecule has 1 rings (SSSR count). The number of aliphatic hydroxyl groups excluding tert-OH is 7. The van der Waals surface area contributed by atoms with Gasteiger partial charge in [0.15, 0.2) is 0 Å². The number of phosphoric ester groups is 1. The number of unbranched alkanes of at least 4 members (excludes halogenated alkanes) is 11. The second-order valence-corrected chi connectivity index (χ2v) is 14.0. The zero-order chi connectivity index (χ0) is 34.5. The van der Waals surface area contributed by atoms with Crippen LogP contribution < -0.4 is 5.32 Å². The summed E-state index contributed by atoms with van der Waals surface area (Å²) in [7, 11) is -5.08. The van der Waals surface area contributed by atoms with Crippen LogP contribution >= 0.6 is 7.82 Å². The van der Waals surface area contributed by atoms with E-state index in [1.54, 1.807) is 0 Å². The third-order valence-corrected chi connectivity index (χ3v) is 9.36. The molecular weight excluding hydrogens is 621 g/mol. The normalized spacial score (nSPS) is 26.9. The van der Waals surface area contributed by atoms with E-state index in [0.29, 0.717) is 12.8 Å². The number of hydrogen-bond donors (Lipinski definition) is 9. The summed E-state index contributed by atoms with van der Waals surface area (Å²) in [5.74, 6) is -0.579. The molecular formula is C32H62NO12P. The van der Waals surface area contributed by atoms with Crippen molar-refractivity contribution in [3.8, 4) is 0 Å². The minimum absolute atomic E-state index is 0.229. The molecule has 0 spiro atoms. The lowest BCUT2D eigenvalue weighted by atomic mass is 9.85. The summed E-state index contributed by atoms with van der Waals surface area (Å²) in [4.78, 5) is 22.9. The summed E-state index contributed by atoms with van der Waals surface area (Å²) >= 11 is 0. The van der Waals surface area contributed by atoms with E-state index in [1.807, 2.05) is 6.92 Å². The van der Waals surface area contributed by atoms with Gasteiger partial charge in [-0.1, -0.05) is 90.2 Å². The predicted molar refractivity (Wildman–Crippen MR) is 174 cm³/mol. The van der Waals surface area contributed by atoms with Crippen LogP contribution in [0.1, 0.15) is 123 Å². The molecule has 0 aromatic heterocycles. The molecule has 9 N–H and O–H groups in total. The Hall–Kier alpha value is -0.960. The highest BCUT2D eigenvalue weighted by molar-refractivity contribution is 7.47. The second kappa shape index (κ2) is 24.2. The highest BCUT2D eigenvalue weighted by Gasteiger charge is 2.51. The fourth-order valence-electron chi connectivity index (χ4n) is 5.41. The van der Waals surface area contributed by atoms with Crippen molar-refractivity contribution in [3.05, 3.63) is 12.2 Å². The Balaban J connectivity index is 2.51. The van der Waals surface area contributed by atoms with Crippen molar-refractivity contribution in [3.63, 3.8) is 0 Å². The summed E-state index contributed by atoms with van der Waals surface area (Å²) in [5, 5.41) is 73.3. The first-order valence-electron chi connectivity index (χ1n) is 17.2. The summed E-state index contributed by atoms with van der Waals surface area (Å²) in [6.45, 7) is 3.50. The summed E-state index contributed by atoms with van der Waals surface area (Å²) in [6, 6.07) is -1.15. The maximum atomic E-state index is 12.7. The topological polar surface area (TPSA) is 226 Å². The van der Waals surface area contributed by atoms with E-state index in [9.17, 15) is 50.0 Å². The number of aliphatic hydroxyl groups is 7. The largest absolute Gasteiger partial charge is 0.472 e. The maximum Gasteiger partial charge on any atom is 0.472 e. The van der Waals surface area contributed by atoms with Crippen LogP contribution in [0.25, 0.3) is 0 Å². The van der Waals surface area contributed by atoms with E-state index in [2.05, 4.69) is 24.4 Å². The zero-order valence-electron chi connectivity index (χ0n) is 27.7. The molecule has 14 heteroatoms. The number of carbonyl (C=O) groups excluding carboxylic acids is 1. The number of allylic oxidation sites excluding steroid dienone is 2. The van der Waals surface area contributed by atoms with Crippen molar-refractivity contribution < 1.29 is 59.0 Å². The van der Waals surface area contributed by atoms with Crippen LogP contribution in [0.3, 0.4) is 0 Å². The van der Waals surface area contributed by atoms with Gasteiger partial charge in [-0.2, -0.15) is 0 Å². The number of rotatable bonds is 26. The fraction of sp³-hybridized carbons (Fsp3) is 0.906. The van der Waals surface area contributed by atoms with Gasteiger partial charge in [-0.05, 0) is 38.5 Å². The highest BCUT2D eigenvalue weighted by Crippen LogP contribution is 2.47. The zero-order valence-corrected chi connectivity index (χ0v) is 28.6. The van der Waals surface area contributed by atoms with Gasteiger partial charge in [0.1, 0.15) is 36.6 Å². The average Bonchev–Trinajstić information content (AvgIpc) is 3.01. The van der Waals surface area contributed by atoms with E-state index < -0.39 is 75.2 Å². The van der Waals surface area contributed by atoms with Crippen molar-refractivity contribution in [1.82, 2.24) is 5.32 Å². The minimum atomic E-state index is -5.08. The van der Waals surface area contributed by atoms with Gasteiger partial charge in [-0.25, -0.2) is 4.57 Å². The van der Waals surface area contributed by atoms with Crippen molar-refractivity contribution >= 4 is 13.7 Å². The van der Waals surface area contributed by atoms with Gasteiger partial charge in [0, 0.05) is 0 Å². The van der Waals surface area contributed by atoms with Crippen LogP contribution in [0.5, 0.6) is 0 Å². The molecule has 0 heterocycles. The smallest absolute Gasteiger partial charge is 0.393 e. The SMILES string of the molecule is CCCCCC/C=C\CCCCCCCC(O)CC(=O)NC(COP(=O)(O)OC1C(O)C(O)C(O)C(O)C1O)C(O)CCCCC. The Bertz CT molecular complexity index is 864. The molecule has 1 aliphatic carbocycles. The van der Waals surface area contributed by atoms with E-state index in [0.717, 1.165) is 57.8 Å². The van der Waals surface area contributed by atoms with E-state index in [-0.39, 0.29) is 12.8 Å². The molecule has 1 aliphatic rings. The third-order valence-electron chi connectivity index (χ3n) is 8.38. The molecule has 0 bridgehead atoms. The third kappa shape index (κ3) is 17.4. The quantitative estimate of drug-likeness (QED) is 0.0365. The molecule has 0 radical (unpaired) electrons. The van der Waals surface area contributed by atoms with Gasteiger partial charge >= 0.3 is 7.82 Å². The van der Waals surface area contributed by atoms with Crippen LogP contribution in [-0.2, 0) is 18.4 Å². The molecule has 46 heavy (non-hydrogen) atoms. The molecule has 1 fully saturated rings. The Morgan fingerprint density at radius 3 is 1.80 bits per heavy atom. The van der Waals surface area contributed by atoms with Gasteiger partial charge in [-0.15, -0.1) is 0 Å². The lowest BCUT2D eigenvalue weighted by Gasteiger charge is -2.41. The molecule has 272 valence electrons. The average molecular weight is 684 g/mol. The lowest BCUT2D eigenvalue weighted by Crippen LogP contribution is -2.64. The summed E-state index contributed by atoms with van der Waals surface area (Å²) < 4.78 is 22.4. The van der Waals surface area contributed by atoms with Crippen LogP contribution in [0.2, 0.25) is 0 Å². The molecule has 0 aliphatic heterocycles. The monoisotopic (exact) mass is 683 g/mol. The Labute approximate surface area is 274 Å². The number of carbonyl (C=O) groups is 1. The van der Waals surface area contributed by atoms with Crippen LogP contribution in [-0.4, -0.2) is 108 Å². The number of phosphoric acid groups is 1. The maximum absolute atomic E-state index is 12.7. The summed E-state index contributed by atoms with van der Waals surface area (Å²) in [5.41, 5.74) is 0. The van der Waals surface area contributed by atoms with Crippen LogP contribution in [0, 0.1) is 0 Å². The Kier molecular flexibility index (Phi) is 22.7. The van der Waals surface area contributed by atoms with Gasteiger partial charge in [-0.3, -0.25) is 13.8 Å². The van der Waals surface area contributed by atoms with Crippen molar-refractivity contribution in [2.45, 2.75) is 178 Å². The first-order valence-corrected chi connectivity index (χ1v) is 18.7. The number of hydrogen-bond acceptors (Lipinski definition) is 11. The fourth-order valence-corrected chi connectivity index (χ4v) is 6.38. The molecule has 8 unspecified atom stereocenters. The van der Waals surface area contributed by atoms with Crippen molar-refractivity contribution in [1.29, 1.82) is 0 Å².